The number of carbonyl (C=O) groups excluding carboxylic acids is 3. The number of hydrogen-bond donors (Lipinski definition) is 0. The standard InChI is InChI=1S/C16H10F2N2O4/c1-9-5-4-8-19-12(9)16(17,18)15(23)24-20-13(21)10-6-2-3-7-11(10)14(20)22/h2-8H,1H3. The van der Waals surface area contributed by atoms with E-state index in [1.165, 1.54) is 43.3 Å². The second-order valence-corrected chi connectivity index (χ2v) is 5.07. The predicted molar refractivity (Wildman–Crippen MR) is 75.9 cm³/mol. The van der Waals surface area contributed by atoms with Crippen LogP contribution in [0, 0.1) is 6.92 Å². The number of carbonyl (C=O) groups is 3. The largest absolute Gasteiger partial charge is 0.409 e. The predicted octanol–water partition coefficient (Wildman–Crippen LogP) is 2.24. The van der Waals surface area contributed by atoms with Gasteiger partial charge < -0.3 is 4.84 Å². The number of halogens is 2. The van der Waals surface area contributed by atoms with Gasteiger partial charge in [-0.15, -0.1) is 0 Å². The molecule has 0 bridgehead atoms. The fourth-order valence-corrected chi connectivity index (χ4v) is 2.30. The van der Waals surface area contributed by atoms with E-state index in [9.17, 15) is 23.2 Å². The Bertz CT molecular complexity index is 832. The molecule has 0 radical (unpaired) electrons. The van der Waals surface area contributed by atoms with Crippen molar-refractivity contribution in [3.05, 3.63) is 65.0 Å². The van der Waals surface area contributed by atoms with Gasteiger partial charge in [0, 0.05) is 6.20 Å². The van der Waals surface area contributed by atoms with Crippen molar-refractivity contribution in [2.24, 2.45) is 0 Å². The number of hydroxylamine groups is 2. The molecule has 0 unspecified atom stereocenters. The van der Waals surface area contributed by atoms with Crippen LogP contribution in [0.15, 0.2) is 42.6 Å². The van der Waals surface area contributed by atoms with Crippen LogP contribution in [0.2, 0.25) is 0 Å². The molecular weight excluding hydrogens is 322 g/mol. The Morgan fingerprint density at radius 3 is 2.21 bits per heavy atom. The quantitative estimate of drug-likeness (QED) is 0.806. The number of hydrogen-bond acceptors (Lipinski definition) is 5. The van der Waals surface area contributed by atoms with Crippen LogP contribution in [0.1, 0.15) is 32.0 Å². The normalized spacial score (nSPS) is 13.9. The maximum absolute atomic E-state index is 14.3. The van der Waals surface area contributed by atoms with Crippen LogP contribution in [0.25, 0.3) is 0 Å². The number of rotatable bonds is 3. The maximum Gasteiger partial charge on any atom is 0.409 e. The number of fused-ring (bicyclic) bond motifs is 1. The summed E-state index contributed by atoms with van der Waals surface area (Å²) in [5.74, 6) is -8.12. The monoisotopic (exact) mass is 332 g/mol. The second-order valence-electron chi connectivity index (χ2n) is 5.07. The molecule has 0 spiro atoms. The van der Waals surface area contributed by atoms with Gasteiger partial charge in [-0.05, 0) is 30.7 Å². The summed E-state index contributed by atoms with van der Waals surface area (Å²) in [7, 11) is 0. The molecule has 6 nitrogen and oxygen atoms in total. The molecule has 0 atom stereocenters. The highest BCUT2D eigenvalue weighted by molar-refractivity contribution is 6.20. The number of pyridine rings is 1. The third-order valence-electron chi connectivity index (χ3n) is 3.49. The van der Waals surface area contributed by atoms with Crippen molar-refractivity contribution < 1.29 is 28.0 Å². The Hall–Kier alpha value is -3.16. The summed E-state index contributed by atoms with van der Waals surface area (Å²) in [5.41, 5.74) is -0.770. The highest BCUT2D eigenvalue weighted by Gasteiger charge is 2.49. The minimum Gasteiger partial charge on any atom is -0.323 e. The van der Waals surface area contributed by atoms with Crippen molar-refractivity contribution in [1.82, 2.24) is 10.0 Å². The van der Waals surface area contributed by atoms with E-state index in [4.69, 9.17) is 0 Å². The van der Waals surface area contributed by atoms with Crippen molar-refractivity contribution in [2.75, 3.05) is 0 Å². The summed E-state index contributed by atoms with van der Waals surface area (Å²) >= 11 is 0. The van der Waals surface area contributed by atoms with Gasteiger partial charge in [0.25, 0.3) is 11.8 Å². The first kappa shape index (κ1) is 15.7. The summed E-state index contributed by atoms with van der Waals surface area (Å²) in [6.45, 7) is 1.35. The molecule has 0 aliphatic carbocycles. The van der Waals surface area contributed by atoms with Crippen molar-refractivity contribution >= 4 is 17.8 Å². The van der Waals surface area contributed by atoms with E-state index in [0.29, 0.717) is 0 Å². The van der Waals surface area contributed by atoms with Crippen LogP contribution in [0.4, 0.5) is 8.78 Å². The molecular formula is C16H10F2N2O4. The van der Waals surface area contributed by atoms with Gasteiger partial charge in [0.2, 0.25) is 0 Å². The molecule has 0 fully saturated rings. The topological polar surface area (TPSA) is 76.6 Å². The van der Waals surface area contributed by atoms with Gasteiger partial charge in [0.15, 0.2) is 0 Å². The molecule has 1 aliphatic rings. The van der Waals surface area contributed by atoms with Gasteiger partial charge >= 0.3 is 11.9 Å². The third kappa shape index (κ3) is 2.32. The molecule has 0 saturated carbocycles. The van der Waals surface area contributed by atoms with E-state index in [0.717, 1.165) is 6.20 Å². The molecule has 3 rings (SSSR count). The van der Waals surface area contributed by atoms with Crippen LogP contribution in [0.3, 0.4) is 0 Å². The molecule has 8 heteroatoms. The minimum absolute atomic E-state index is 0.0207. The van der Waals surface area contributed by atoms with E-state index < -0.39 is 29.4 Å². The lowest BCUT2D eigenvalue weighted by molar-refractivity contribution is -0.198. The Balaban J connectivity index is 1.87. The number of benzene rings is 1. The lowest BCUT2D eigenvalue weighted by Gasteiger charge is -2.19. The number of imide groups is 1. The molecule has 0 saturated heterocycles. The van der Waals surface area contributed by atoms with Crippen molar-refractivity contribution in [2.45, 2.75) is 12.8 Å². The highest BCUT2D eigenvalue weighted by atomic mass is 19.3. The zero-order chi connectivity index (χ0) is 17.5. The van der Waals surface area contributed by atoms with Gasteiger partial charge in [-0.2, -0.15) is 8.78 Å². The summed E-state index contributed by atoms with van der Waals surface area (Å²) in [5, 5.41) is 0.0409. The molecule has 1 aliphatic heterocycles. The van der Waals surface area contributed by atoms with Gasteiger partial charge in [-0.3, -0.25) is 14.6 Å². The Morgan fingerprint density at radius 2 is 1.67 bits per heavy atom. The molecule has 122 valence electrons. The molecule has 0 N–H and O–H groups in total. The van der Waals surface area contributed by atoms with Gasteiger partial charge in [0.1, 0.15) is 5.69 Å². The smallest absolute Gasteiger partial charge is 0.323 e. The first-order valence-corrected chi connectivity index (χ1v) is 6.84. The van der Waals surface area contributed by atoms with Gasteiger partial charge in [-0.1, -0.05) is 23.3 Å². The molecule has 1 aromatic carbocycles. The molecule has 24 heavy (non-hydrogen) atoms. The van der Waals surface area contributed by atoms with Crippen LogP contribution < -0.4 is 0 Å². The molecule has 1 aromatic heterocycles. The SMILES string of the molecule is Cc1cccnc1C(F)(F)C(=O)ON1C(=O)c2ccccc2C1=O. The van der Waals surface area contributed by atoms with E-state index >= 15 is 0 Å². The Morgan fingerprint density at radius 1 is 1.08 bits per heavy atom. The average Bonchev–Trinajstić information content (AvgIpc) is 2.80. The van der Waals surface area contributed by atoms with E-state index in [2.05, 4.69) is 9.82 Å². The molecule has 2 aromatic rings. The minimum atomic E-state index is -4.11. The first-order valence-electron chi connectivity index (χ1n) is 6.84. The summed E-state index contributed by atoms with van der Waals surface area (Å²) in [6.07, 6.45) is 1.10. The van der Waals surface area contributed by atoms with E-state index in [1.54, 1.807) is 0 Å². The number of aryl methyl sites for hydroxylation is 1. The fourth-order valence-electron chi connectivity index (χ4n) is 2.30. The van der Waals surface area contributed by atoms with Crippen LogP contribution >= 0.6 is 0 Å². The number of nitrogens with zero attached hydrogens (tertiary/aromatic N) is 2. The summed E-state index contributed by atoms with van der Waals surface area (Å²) in [4.78, 5) is 43.8. The lowest BCUT2D eigenvalue weighted by Crippen LogP contribution is -2.39. The number of amides is 2. The number of alkyl halides is 2. The van der Waals surface area contributed by atoms with Crippen LogP contribution in [0.5, 0.6) is 0 Å². The number of aromatic nitrogens is 1. The molecule has 2 heterocycles. The lowest BCUT2D eigenvalue weighted by atomic mass is 10.1. The fraction of sp³-hybridized carbons (Fsp3) is 0.125. The Kier molecular flexibility index (Phi) is 3.59. The second kappa shape index (κ2) is 5.48. The van der Waals surface area contributed by atoms with Crippen LogP contribution in [-0.4, -0.2) is 27.8 Å². The van der Waals surface area contributed by atoms with E-state index in [1.807, 2.05) is 0 Å². The van der Waals surface area contributed by atoms with Gasteiger partial charge in [-0.25, -0.2) is 4.79 Å². The average molecular weight is 332 g/mol. The van der Waals surface area contributed by atoms with Crippen molar-refractivity contribution in [1.29, 1.82) is 0 Å². The highest BCUT2D eigenvalue weighted by Crippen LogP contribution is 2.32. The van der Waals surface area contributed by atoms with Gasteiger partial charge in [0.05, 0.1) is 11.1 Å². The Labute approximate surface area is 134 Å². The van der Waals surface area contributed by atoms with Crippen molar-refractivity contribution in [3.63, 3.8) is 0 Å². The maximum atomic E-state index is 14.3. The van der Waals surface area contributed by atoms with E-state index in [-0.39, 0.29) is 21.8 Å². The first-order chi connectivity index (χ1) is 11.3. The summed E-state index contributed by atoms with van der Waals surface area (Å²) in [6, 6.07) is 8.47. The van der Waals surface area contributed by atoms with Crippen LogP contribution in [-0.2, 0) is 15.6 Å². The third-order valence-corrected chi connectivity index (χ3v) is 3.49. The molecule has 2 amide bonds. The summed E-state index contributed by atoms with van der Waals surface area (Å²) < 4.78 is 28.5. The zero-order valence-corrected chi connectivity index (χ0v) is 12.3. The zero-order valence-electron chi connectivity index (χ0n) is 12.3. The van der Waals surface area contributed by atoms with Crippen molar-refractivity contribution in [3.8, 4) is 0 Å².